The van der Waals surface area contributed by atoms with Gasteiger partial charge in [0.1, 0.15) is 5.82 Å². The van der Waals surface area contributed by atoms with Gasteiger partial charge in [0.2, 0.25) is 0 Å². The molecule has 6 heteroatoms. The minimum absolute atomic E-state index is 0.0863. The fraction of sp³-hybridized carbons (Fsp3) is 0.467. The first kappa shape index (κ1) is 15.4. The Labute approximate surface area is 123 Å². The molecule has 0 spiro atoms. The minimum Gasteiger partial charge on any atom is -0.465 e. The number of carbonyl (C=O) groups is 1. The Morgan fingerprint density at radius 2 is 2.24 bits per heavy atom. The summed E-state index contributed by atoms with van der Waals surface area (Å²) in [5, 5.41) is 2.59. The van der Waals surface area contributed by atoms with Crippen molar-refractivity contribution in [2.75, 3.05) is 19.8 Å². The SMILES string of the molecule is CCOC(=NC[C@H]1CCCO1)NC(=O)c1ccc(F)cc1. The molecule has 2 rings (SSSR count). The third-order valence-corrected chi connectivity index (χ3v) is 3.07. The summed E-state index contributed by atoms with van der Waals surface area (Å²) in [4.78, 5) is 16.3. The average Bonchev–Trinajstić information content (AvgIpc) is 2.99. The van der Waals surface area contributed by atoms with Gasteiger partial charge in [-0.05, 0) is 44.0 Å². The van der Waals surface area contributed by atoms with E-state index in [0.717, 1.165) is 19.4 Å². The first-order valence-electron chi connectivity index (χ1n) is 7.05. The van der Waals surface area contributed by atoms with Gasteiger partial charge in [0.15, 0.2) is 0 Å². The van der Waals surface area contributed by atoms with Crippen LogP contribution in [0.25, 0.3) is 0 Å². The van der Waals surface area contributed by atoms with Crippen molar-refractivity contribution in [2.45, 2.75) is 25.9 Å². The second-order valence-electron chi connectivity index (χ2n) is 4.67. The van der Waals surface area contributed by atoms with Crippen molar-refractivity contribution in [1.82, 2.24) is 5.32 Å². The molecule has 1 heterocycles. The predicted molar refractivity (Wildman–Crippen MR) is 76.8 cm³/mol. The highest BCUT2D eigenvalue weighted by molar-refractivity contribution is 6.04. The molecular weight excluding hydrogens is 275 g/mol. The number of aliphatic imine (C=N–C) groups is 1. The Morgan fingerprint density at radius 1 is 1.48 bits per heavy atom. The van der Waals surface area contributed by atoms with Gasteiger partial charge in [-0.3, -0.25) is 10.1 Å². The predicted octanol–water partition coefficient (Wildman–Crippen LogP) is 2.13. The number of ether oxygens (including phenoxy) is 2. The first-order valence-corrected chi connectivity index (χ1v) is 7.05. The molecule has 1 aliphatic heterocycles. The smallest absolute Gasteiger partial charge is 0.291 e. The minimum atomic E-state index is -0.386. The van der Waals surface area contributed by atoms with Gasteiger partial charge in [-0.15, -0.1) is 0 Å². The van der Waals surface area contributed by atoms with Crippen LogP contribution in [-0.4, -0.2) is 37.8 Å². The summed E-state index contributed by atoms with van der Waals surface area (Å²) >= 11 is 0. The molecule has 1 atom stereocenters. The van der Waals surface area contributed by atoms with E-state index in [1.54, 1.807) is 0 Å². The Balaban J connectivity index is 1.95. The van der Waals surface area contributed by atoms with E-state index in [1.165, 1.54) is 24.3 Å². The van der Waals surface area contributed by atoms with E-state index in [1.807, 2.05) is 6.92 Å². The summed E-state index contributed by atoms with van der Waals surface area (Å²) in [6, 6.07) is 5.46. The van der Waals surface area contributed by atoms with Crippen LogP contribution in [0.4, 0.5) is 4.39 Å². The molecule has 0 unspecified atom stereocenters. The zero-order valence-electron chi connectivity index (χ0n) is 12.0. The molecule has 0 saturated carbocycles. The Kier molecular flexibility index (Phi) is 5.68. The molecule has 1 aromatic carbocycles. The van der Waals surface area contributed by atoms with Gasteiger partial charge >= 0.3 is 0 Å². The van der Waals surface area contributed by atoms with Crippen LogP contribution in [-0.2, 0) is 9.47 Å². The number of amidine groups is 1. The molecular formula is C15H19FN2O3. The quantitative estimate of drug-likeness (QED) is 0.683. The molecule has 5 nitrogen and oxygen atoms in total. The van der Waals surface area contributed by atoms with Gasteiger partial charge < -0.3 is 9.47 Å². The molecule has 1 aromatic rings. The summed E-state index contributed by atoms with van der Waals surface area (Å²) in [5.74, 6) is -0.766. The second kappa shape index (κ2) is 7.73. The fourth-order valence-corrected chi connectivity index (χ4v) is 2.00. The Morgan fingerprint density at radius 3 is 2.86 bits per heavy atom. The standard InChI is InChI=1S/C15H19FN2O3/c1-2-20-15(17-10-13-4-3-9-21-13)18-14(19)11-5-7-12(16)8-6-11/h5-8,13H,2-4,9-10H2,1H3,(H,17,18,19)/t13-/m1/s1. The zero-order valence-corrected chi connectivity index (χ0v) is 12.0. The van der Waals surface area contributed by atoms with Crippen LogP contribution in [0.2, 0.25) is 0 Å². The van der Waals surface area contributed by atoms with Crippen LogP contribution >= 0.6 is 0 Å². The summed E-state index contributed by atoms with van der Waals surface area (Å²) in [7, 11) is 0. The van der Waals surface area contributed by atoms with Crippen molar-refractivity contribution in [3.8, 4) is 0 Å². The molecule has 0 radical (unpaired) electrons. The Bertz CT molecular complexity index is 496. The number of amides is 1. The lowest BCUT2D eigenvalue weighted by molar-refractivity contribution is 0.0963. The number of hydrogen-bond donors (Lipinski definition) is 1. The molecule has 114 valence electrons. The summed E-state index contributed by atoms with van der Waals surface area (Å²) in [5.41, 5.74) is 0.348. The highest BCUT2D eigenvalue weighted by Crippen LogP contribution is 2.12. The van der Waals surface area contributed by atoms with E-state index in [-0.39, 0.29) is 23.9 Å². The highest BCUT2D eigenvalue weighted by Gasteiger charge is 2.16. The molecule has 1 saturated heterocycles. The second-order valence-corrected chi connectivity index (χ2v) is 4.67. The molecule has 21 heavy (non-hydrogen) atoms. The lowest BCUT2D eigenvalue weighted by Crippen LogP contribution is -2.33. The van der Waals surface area contributed by atoms with Crippen molar-refractivity contribution in [1.29, 1.82) is 0 Å². The number of carbonyl (C=O) groups excluding carboxylic acids is 1. The van der Waals surface area contributed by atoms with E-state index in [2.05, 4.69) is 10.3 Å². The monoisotopic (exact) mass is 294 g/mol. The van der Waals surface area contributed by atoms with Gasteiger partial charge in [0, 0.05) is 12.2 Å². The third kappa shape index (κ3) is 4.82. The zero-order chi connectivity index (χ0) is 15.1. The molecule has 1 amide bonds. The maximum absolute atomic E-state index is 12.8. The fourth-order valence-electron chi connectivity index (χ4n) is 2.00. The topological polar surface area (TPSA) is 59.9 Å². The molecule has 0 aliphatic carbocycles. The average molecular weight is 294 g/mol. The number of nitrogens with one attached hydrogen (secondary N) is 1. The van der Waals surface area contributed by atoms with E-state index < -0.39 is 0 Å². The van der Waals surface area contributed by atoms with Crippen LogP contribution in [0.1, 0.15) is 30.1 Å². The maximum Gasteiger partial charge on any atom is 0.291 e. The molecule has 1 fully saturated rings. The van der Waals surface area contributed by atoms with Gasteiger partial charge in [-0.25, -0.2) is 9.38 Å². The van der Waals surface area contributed by atoms with Crippen LogP contribution in [0.15, 0.2) is 29.3 Å². The van der Waals surface area contributed by atoms with Crippen LogP contribution in [0.3, 0.4) is 0 Å². The summed E-state index contributed by atoms with van der Waals surface area (Å²) < 4.78 is 23.6. The van der Waals surface area contributed by atoms with Crippen molar-refractivity contribution in [2.24, 2.45) is 4.99 Å². The summed E-state index contributed by atoms with van der Waals surface area (Å²) in [6.07, 6.45) is 2.09. The molecule has 1 aliphatic rings. The maximum atomic E-state index is 12.8. The lowest BCUT2D eigenvalue weighted by Gasteiger charge is -2.11. The van der Waals surface area contributed by atoms with Gasteiger partial charge in [-0.2, -0.15) is 0 Å². The van der Waals surface area contributed by atoms with Crippen LogP contribution in [0.5, 0.6) is 0 Å². The van der Waals surface area contributed by atoms with E-state index in [4.69, 9.17) is 9.47 Å². The lowest BCUT2D eigenvalue weighted by atomic mass is 10.2. The number of hydrogen-bond acceptors (Lipinski definition) is 4. The van der Waals surface area contributed by atoms with E-state index >= 15 is 0 Å². The highest BCUT2D eigenvalue weighted by atomic mass is 19.1. The number of nitrogens with zero attached hydrogens (tertiary/aromatic N) is 1. The van der Waals surface area contributed by atoms with Crippen molar-refractivity contribution in [3.63, 3.8) is 0 Å². The van der Waals surface area contributed by atoms with Gasteiger partial charge in [0.05, 0.1) is 19.3 Å². The molecule has 0 aromatic heterocycles. The molecule has 0 bridgehead atoms. The normalized spacial score (nSPS) is 18.6. The Hall–Kier alpha value is -1.95. The van der Waals surface area contributed by atoms with Crippen molar-refractivity contribution < 1.29 is 18.7 Å². The van der Waals surface area contributed by atoms with E-state index in [9.17, 15) is 9.18 Å². The molecule has 1 N–H and O–H groups in total. The summed E-state index contributed by atoms with van der Waals surface area (Å²) in [6.45, 7) is 3.42. The number of halogens is 1. The van der Waals surface area contributed by atoms with Gasteiger partial charge in [-0.1, -0.05) is 0 Å². The van der Waals surface area contributed by atoms with E-state index in [0.29, 0.717) is 18.7 Å². The number of benzene rings is 1. The van der Waals surface area contributed by atoms with Crippen molar-refractivity contribution >= 4 is 11.9 Å². The van der Waals surface area contributed by atoms with Gasteiger partial charge in [0.25, 0.3) is 11.9 Å². The first-order chi connectivity index (χ1) is 10.2. The van der Waals surface area contributed by atoms with Crippen LogP contribution in [0, 0.1) is 5.82 Å². The third-order valence-electron chi connectivity index (χ3n) is 3.07. The largest absolute Gasteiger partial charge is 0.465 e. The van der Waals surface area contributed by atoms with Crippen LogP contribution < -0.4 is 5.32 Å². The van der Waals surface area contributed by atoms with Crippen molar-refractivity contribution in [3.05, 3.63) is 35.6 Å². The number of rotatable bonds is 4.